The van der Waals surface area contributed by atoms with Crippen LogP contribution in [0.2, 0.25) is 0 Å². The van der Waals surface area contributed by atoms with Crippen LogP contribution in [0.15, 0.2) is 10.6 Å². The fourth-order valence-corrected chi connectivity index (χ4v) is 1.03. The van der Waals surface area contributed by atoms with E-state index in [-0.39, 0.29) is 6.10 Å². The van der Waals surface area contributed by atoms with Gasteiger partial charge in [0.2, 0.25) is 0 Å². The zero-order valence-corrected chi connectivity index (χ0v) is 7.63. The van der Waals surface area contributed by atoms with Crippen LogP contribution < -0.4 is 5.32 Å². The van der Waals surface area contributed by atoms with Crippen LogP contribution in [0.3, 0.4) is 0 Å². The minimum atomic E-state index is -0.0209. The average molecular weight is 170 g/mol. The lowest BCUT2D eigenvalue weighted by Gasteiger charge is -2.10. The van der Waals surface area contributed by atoms with E-state index in [0.29, 0.717) is 0 Å². The zero-order chi connectivity index (χ0) is 8.97. The van der Waals surface area contributed by atoms with Crippen molar-refractivity contribution in [3.63, 3.8) is 0 Å². The molecule has 0 fully saturated rings. The van der Waals surface area contributed by atoms with Gasteiger partial charge in [0, 0.05) is 19.7 Å². The molecule has 68 valence electrons. The van der Waals surface area contributed by atoms with Crippen LogP contribution >= 0.6 is 0 Å². The third-order valence-corrected chi connectivity index (χ3v) is 1.65. The standard InChI is InChI=1S/C8H14N2O2/c1-6-4-7(10-12-6)8(11-3)5-9-2/h4,8-9H,5H2,1-3H3. The molecule has 4 nitrogen and oxygen atoms in total. The van der Waals surface area contributed by atoms with E-state index in [9.17, 15) is 0 Å². The first-order valence-corrected chi connectivity index (χ1v) is 3.88. The predicted molar refractivity (Wildman–Crippen MR) is 44.9 cm³/mol. The molecule has 1 aromatic heterocycles. The first-order valence-electron chi connectivity index (χ1n) is 3.88. The molecular weight excluding hydrogens is 156 g/mol. The molecule has 0 radical (unpaired) electrons. The molecule has 0 amide bonds. The van der Waals surface area contributed by atoms with E-state index in [1.165, 1.54) is 0 Å². The monoisotopic (exact) mass is 170 g/mol. The SMILES string of the molecule is CNCC(OC)c1cc(C)on1. The van der Waals surface area contributed by atoms with Gasteiger partial charge in [-0.3, -0.25) is 0 Å². The number of hydrogen-bond acceptors (Lipinski definition) is 4. The fourth-order valence-electron chi connectivity index (χ4n) is 1.03. The highest BCUT2D eigenvalue weighted by Crippen LogP contribution is 2.14. The summed E-state index contributed by atoms with van der Waals surface area (Å²) in [5.74, 6) is 0.808. The number of hydrogen-bond donors (Lipinski definition) is 1. The van der Waals surface area contributed by atoms with Gasteiger partial charge in [0.25, 0.3) is 0 Å². The Labute approximate surface area is 71.9 Å². The molecule has 0 aliphatic rings. The molecule has 0 saturated heterocycles. The molecule has 0 aromatic carbocycles. The van der Waals surface area contributed by atoms with E-state index in [0.717, 1.165) is 18.0 Å². The smallest absolute Gasteiger partial charge is 0.134 e. The van der Waals surface area contributed by atoms with Gasteiger partial charge in [0.1, 0.15) is 17.6 Å². The van der Waals surface area contributed by atoms with Crippen molar-refractivity contribution in [2.24, 2.45) is 0 Å². The van der Waals surface area contributed by atoms with Crippen LogP contribution in [0.5, 0.6) is 0 Å². The highest BCUT2D eigenvalue weighted by atomic mass is 16.5. The van der Waals surface area contributed by atoms with Crippen LogP contribution in [0.4, 0.5) is 0 Å². The number of rotatable bonds is 4. The minimum absolute atomic E-state index is 0.0209. The summed E-state index contributed by atoms with van der Waals surface area (Å²) < 4.78 is 10.1. The Morgan fingerprint density at radius 1 is 1.75 bits per heavy atom. The maximum atomic E-state index is 5.21. The summed E-state index contributed by atoms with van der Waals surface area (Å²) in [6, 6.07) is 1.88. The second-order valence-electron chi connectivity index (χ2n) is 2.64. The lowest BCUT2D eigenvalue weighted by atomic mass is 10.2. The Hall–Kier alpha value is -0.870. The summed E-state index contributed by atoms with van der Waals surface area (Å²) in [6.45, 7) is 2.60. The summed E-state index contributed by atoms with van der Waals surface area (Å²) in [5.41, 5.74) is 0.837. The highest BCUT2D eigenvalue weighted by molar-refractivity contribution is 5.07. The summed E-state index contributed by atoms with van der Waals surface area (Å²) in [6.07, 6.45) is -0.0209. The third kappa shape index (κ3) is 2.06. The topological polar surface area (TPSA) is 47.3 Å². The van der Waals surface area contributed by atoms with Crippen molar-refractivity contribution >= 4 is 0 Å². The third-order valence-electron chi connectivity index (χ3n) is 1.65. The van der Waals surface area contributed by atoms with E-state index >= 15 is 0 Å². The Balaban J connectivity index is 2.66. The molecule has 1 aromatic rings. The van der Waals surface area contributed by atoms with Gasteiger partial charge in [-0.05, 0) is 14.0 Å². The van der Waals surface area contributed by atoms with Gasteiger partial charge >= 0.3 is 0 Å². The molecule has 0 bridgehead atoms. The molecule has 1 rings (SSSR count). The van der Waals surface area contributed by atoms with E-state index < -0.39 is 0 Å². The van der Waals surface area contributed by atoms with Gasteiger partial charge in [-0.1, -0.05) is 5.16 Å². The molecule has 1 unspecified atom stereocenters. The van der Waals surface area contributed by atoms with E-state index in [4.69, 9.17) is 9.26 Å². The van der Waals surface area contributed by atoms with Gasteiger partial charge in [0.05, 0.1) is 0 Å². The average Bonchev–Trinajstić information content (AvgIpc) is 2.47. The normalized spacial score (nSPS) is 13.2. The molecule has 1 N–H and O–H groups in total. The predicted octanol–water partition coefficient (Wildman–Crippen LogP) is 0.890. The lowest BCUT2D eigenvalue weighted by Crippen LogP contribution is -2.18. The Morgan fingerprint density at radius 2 is 2.50 bits per heavy atom. The fraction of sp³-hybridized carbons (Fsp3) is 0.625. The number of ether oxygens (including phenoxy) is 1. The number of likely N-dealkylation sites (N-methyl/N-ethyl adjacent to an activating group) is 1. The molecular formula is C8H14N2O2. The Kier molecular flexibility index (Phi) is 3.25. The molecule has 0 saturated carbocycles. The minimum Gasteiger partial charge on any atom is -0.374 e. The van der Waals surface area contributed by atoms with Crippen molar-refractivity contribution in [1.29, 1.82) is 0 Å². The van der Waals surface area contributed by atoms with Gasteiger partial charge in [-0.15, -0.1) is 0 Å². The van der Waals surface area contributed by atoms with Gasteiger partial charge in [-0.2, -0.15) is 0 Å². The molecule has 4 heteroatoms. The van der Waals surface area contributed by atoms with Crippen LogP contribution in [-0.4, -0.2) is 25.9 Å². The Bertz CT molecular complexity index is 235. The number of methoxy groups -OCH3 is 1. The second-order valence-corrected chi connectivity index (χ2v) is 2.64. The summed E-state index contributed by atoms with van der Waals surface area (Å²) in [4.78, 5) is 0. The highest BCUT2D eigenvalue weighted by Gasteiger charge is 2.13. The van der Waals surface area contributed by atoms with Gasteiger partial charge in [-0.25, -0.2) is 0 Å². The number of nitrogens with one attached hydrogen (secondary N) is 1. The molecule has 0 spiro atoms. The van der Waals surface area contributed by atoms with Crippen molar-refractivity contribution in [3.8, 4) is 0 Å². The molecule has 1 heterocycles. The number of aromatic nitrogens is 1. The quantitative estimate of drug-likeness (QED) is 0.729. The molecule has 1 atom stereocenters. The lowest BCUT2D eigenvalue weighted by molar-refractivity contribution is 0.0974. The van der Waals surface area contributed by atoms with Crippen LogP contribution in [0.1, 0.15) is 17.6 Å². The van der Waals surface area contributed by atoms with Crippen molar-refractivity contribution in [2.75, 3.05) is 20.7 Å². The molecule has 0 aliphatic carbocycles. The van der Waals surface area contributed by atoms with Crippen molar-refractivity contribution < 1.29 is 9.26 Å². The van der Waals surface area contributed by atoms with Crippen LogP contribution in [0, 0.1) is 6.92 Å². The largest absolute Gasteiger partial charge is 0.374 e. The van der Waals surface area contributed by atoms with Crippen molar-refractivity contribution in [3.05, 3.63) is 17.5 Å². The first kappa shape index (κ1) is 9.22. The number of nitrogens with zero attached hydrogens (tertiary/aromatic N) is 1. The Morgan fingerprint density at radius 3 is 2.92 bits per heavy atom. The summed E-state index contributed by atoms with van der Waals surface area (Å²) in [5, 5.41) is 6.89. The molecule has 0 aliphatic heterocycles. The molecule has 12 heavy (non-hydrogen) atoms. The second kappa shape index (κ2) is 4.23. The van der Waals surface area contributed by atoms with Crippen LogP contribution in [-0.2, 0) is 4.74 Å². The number of aryl methyl sites for hydroxylation is 1. The summed E-state index contributed by atoms with van der Waals surface area (Å²) >= 11 is 0. The van der Waals surface area contributed by atoms with Crippen molar-refractivity contribution in [2.45, 2.75) is 13.0 Å². The zero-order valence-electron chi connectivity index (χ0n) is 7.63. The maximum absolute atomic E-state index is 5.21. The van der Waals surface area contributed by atoms with E-state index in [1.54, 1.807) is 7.11 Å². The first-order chi connectivity index (χ1) is 5.77. The maximum Gasteiger partial charge on any atom is 0.134 e. The van der Waals surface area contributed by atoms with E-state index in [2.05, 4.69) is 10.5 Å². The van der Waals surface area contributed by atoms with Crippen LogP contribution in [0.25, 0.3) is 0 Å². The van der Waals surface area contributed by atoms with Gasteiger partial charge in [0.15, 0.2) is 0 Å². The summed E-state index contributed by atoms with van der Waals surface area (Å²) in [7, 11) is 3.53. The van der Waals surface area contributed by atoms with Gasteiger partial charge < -0.3 is 14.6 Å². The van der Waals surface area contributed by atoms with E-state index in [1.807, 2.05) is 20.0 Å². The van der Waals surface area contributed by atoms with Crippen molar-refractivity contribution in [1.82, 2.24) is 10.5 Å².